The van der Waals surface area contributed by atoms with E-state index in [1.807, 2.05) is 78.9 Å². The molecule has 0 amide bonds. The third-order valence-electron chi connectivity index (χ3n) is 6.64. The summed E-state index contributed by atoms with van der Waals surface area (Å²) in [5.41, 5.74) is 10.9. The zero-order chi connectivity index (χ0) is 27.8. The highest BCUT2D eigenvalue weighted by molar-refractivity contribution is 9.10. The molecular weight excluding hydrogens is 604 g/mol. The van der Waals surface area contributed by atoms with E-state index in [0.29, 0.717) is 53.6 Å². The van der Waals surface area contributed by atoms with Crippen LogP contribution in [0.5, 0.6) is 0 Å². The molecular formula is C33H20BrClN2O2S. The summed E-state index contributed by atoms with van der Waals surface area (Å²) in [6.07, 6.45) is 0. The molecule has 0 spiro atoms. The fourth-order valence-electron chi connectivity index (χ4n) is 4.75. The Kier molecular flexibility index (Phi) is 7.07. The first-order valence-electron chi connectivity index (χ1n) is 12.4. The molecule has 0 saturated heterocycles. The summed E-state index contributed by atoms with van der Waals surface area (Å²) in [7, 11) is 0. The van der Waals surface area contributed by atoms with Crippen LogP contribution in [-0.4, -0.2) is 16.6 Å². The maximum Gasteiger partial charge on any atom is 0.205 e. The number of aromatic nitrogens is 1. The van der Waals surface area contributed by atoms with Gasteiger partial charge in [-0.3, -0.25) is 9.59 Å². The minimum absolute atomic E-state index is 0.213. The Morgan fingerprint density at radius 2 is 1.35 bits per heavy atom. The van der Waals surface area contributed by atoms with Crippen LogP contribution < -0.4 is 5.73 Å². The van der Waals surface area contributed by atoms with E-state index in [4.69, 9.17) is 22.3 Å². The predicted octanol–water partition coefficient (Wildman–Crippen LogP) is 9.09. The monoisotopic (exact) mass is 622 g/mol. The number of thiophene rings is 1. The van der Waals surface area contributed by atoms with Gasteiger partial charge in [-0.1, -0.05) is 106 Å². The van der Waals surface area contributed by atoms with Crippen molar-refractivity contribution in [1.29, 1.82) is 0 Å². The number of ketones is 2. The number of hydrogen-bond donors (Lipinski definition) is 1. The molecule has 2 aromatic heterocycles. The van der Waals surface area contributed by atoms with Crippen LogP contribution in [0.25, 0.3) is 32.6 Å². The van der Waals surface area contributed by atoms with Crippen LogP contribution >= 0.6 is 38.9 Å². The van der Waals surface area contributed by atoms with E-state index in [-0.39, 0.29) is 17.3 Å². The van der Waals surface area contributed by atoms with Crippen molar-refractivity contribution in [3.63, 3.8) is 0 Å². The van der Waals surface area contributed by atoms with Crippen LogP contribution in [0.1, 0.15) is 31.2 Å². The second kappa shape index (κ2) is 10.8. The van der Waals surface area contributed by atoms with Crippen molar-refractivity contribution in [1.82, 2.24) is 4.98 Å². The van der Waals surface area contributed by atoms with Gasteiger partial charge in [-0.05, 0) is 30.3 Å². The zero-order valence-electron chi connectivity index (χ0n) is 20.9. The molecule has 40 heavy (non-hydrogen) atoms. The highest BCUT2D eigenvalue weighted by Gasteiger charge is 2.29. The number of anilines is 1. The van der Waals surface area contributed by atoms with E-state index in [1.165, 1.54) is 11.3 Å². The third-order valence-corrected chi connectivity index (χ3v) is 8.60. The Bertz CT molecular complexity index is 1900. The van der Waals surface area contributed by atoms with Gasteiger partial charge in [0.1, 0.15) is 9.71 Å². The lowest BCUT2D eigenvalue weighted by Gasteiger charge is -2.17. The molecule has 194 valence electrons. The summed E-state index contributed by atoms with van der Waals surface area (Å²) < 4.78 is 0.868. The first kappa shape index (κ1) is 26.1. The van der Waals surface area contributed by atoms with Crippen molar-refractivity contribution in [3.05, 3.63) is 140 Å². The molecule has 6 rings (SSSR count). The third kappa shape index (κ3) is 4.64. The zero-order valence-corrected chi connectivity index (χ0v) is 24.1. The molecule has 0 unspecified atom stereocenters. The van der Waals surface area contributed by atoms with E-state index in [1.54, 1.807) is 30.3 Å². The van der Waals surface area contributed by atoms with Crippen LogP contribution in [-0.2, 0) is 0 Å². The molecule has 0 aliphatic carbocycles. The first-order valence-corrected chi connectivity index (χ1v) is 14.4. The summed E-state index contributed by atoms with van der Waals surface area (Å²) in [6.45, 7) is 0. The molecule has 2 heterocycles. The first-order chi connectivity index (χ1) is 19.4. The van der Waals surface area contributed by atoms with Crippen LogP contribution in [0.2, 0.25) is 5.02 Å². The van der Waals surface area contributed by atoms with Gasteiger partial charge in [0.15, 0.2) is 5.78 Å². The quantitative estimate of drug-likeness (QED) is 0.188. The number of carbonyl (C=O) groups is 2. The summed E-state index contributed by atoms with van der Waals surface area (Å²) in [4.78, 5) is 33.9. The molecule has 0 radical (unpaired) electrons. The highest BCUT2D eigenvalue weighted by Crippen LogP contribution is 2.47. The number of nitrogens with two attached hydrogens (primary N) is 1. The smallest absolute Gasteiger partial charge is 0.205 e. The Balaban J connectivity index is 1.73. The highest BCUT2D eigenvalue weighted by atomic mass is 79.9. The molecule has 0 bridgehead atoms. The number of fused-ring (bicyclic) bond motifs is 1. The second-order valence-corrected chi connectivity index (χ2v) is 11.4. The van der Waals surface area contributed by atoms with Gasteiger partial charge in [0, 0.05) is 42.7 Å². The Morgan fingerprint density at radius 3 is 2.02 bits per heavy atom. The van der Waals surface area contributed by atoms with Gasteiger partial charge in [-0.15, -0.1) is 11.3 Å². The predicted molar refractivity (Wildman–Crippen MR) is 167 cm³/mol. The van der Waals surface area contributed by atoms with E-state index in [9.17, 15) is 9.59 Å². The van der Waals surface area contributed by atoms with Crippen LogP contribution in [0, 0.1) is 0 Å². The number of hydrogen-bond acceptors (Lipinski definition) is 5. The Morgan fingerprint density at radius 1 is 0.750 bits per heavy atom. The molecule has 7 heteroatoms. The average molecular weight is 624 g/mol. The largest absolute Gasteiger partial charge is 0.397 e. The molecule has 0 fully saturated rings. The van der Waals surface area contributed by atoms with Gasteiger partial charge in [0.25, 0.3) is 0 Å². The summed E-state index contributed by atoms with van der Waals surface area (Å²) in [6, 6.07) is 33.1. The molecule has 0 aliphatic rings. The number of pyridine rings is 1. The molecule has 0 atom stereocenters. The van der Waals surface area contributed by atoms with Gasteiger partial charge < -0.3 is 5.73 Å². The normalized spacial score (nSPS) is 11.1. The van der Waals surface area contributed by atoms with E-state index < -0.39 is 0 Å². The average Bonchev–Trinajstić information content (AvgIpc) is 3.33. The van der Waals surface area contributed by atoms with Crippen molar-refractivity contribution in [2.45, 2.75) is 0 Å². The molecule has 4 nitrogen and oxygen atoms in total. The van der Waals surface area contributed by atoms with Gasteiger partial charge in [-0.25, -0.2) is 4.98 Å². The van der Waals surface area contributed by atoms with Gasteiger partial charge in [0.05, 0.1) is 16.9 Å². The number of rotatable bonds is 6. The van der Waals surface area contributed by atoms with Gasteiger partial charge >= 0.3 is 0 Å². The van der Waals surface area contributed by atoms with E-state index in [2.05, 4.69) is 15.9 Å². The van der Waals surface area contributed by atoms with Gasteiger partial charge in [0.2, 0.25) is 5.78 Å². The maximum absolute atomic E-state index is 14.3. The number of carbonyl (C=O) groups excluding carboxylic acids is 2. The van der Waals surface area contributed by atoms with Crippen LogP contribution in [0.4, 0.5) is 5.69 Å². The molecule has 0 saturated carbocycles. The number of halogens is 2. The topological polar surface area (TPSA) is 73.1 Å². The second-order valence-electron chi connectivity index (χ2n) is 9.11. The fourth-order valence-corrected chi connectivity index (χ4v) is 6.31. The molecule has 2 N–H and O–H groups in total. The van der Waals surface area contributed by atoms with E-state index >= 15 is 0 Å². The maximum atomic E-state index is 14.3. The summed E-state index contributed by atoms with van der Waals surface area (Å²) in [5, 5.41) is 1.00. The van der Waals surface area contributed by atoms with Crippen LogP contribution in [0.3, 0.4) is 0 Å². The lowest BCUT2D eigenvalue weighted by atomic mass is 9.88. The van der Waals surface area contributed by atoms with Crippen LogP contribution in [0.15, 0.2) is 114 Å². The number of benzene rings is 4. The van der Waals surface area contributed by atoms with Crippen molar-refractivity contribution in [3.8, 4) is 22.4 Å². The lowest BCUT2D eigenvalue weighted by Crippen LogP contribution is -2.09. The minimum Gasteiger partial charge on any atom is -0.397 e. The minimum atomic E-state index is -0.213. The number of nitrogen functional groups attached to an aromatic ring is 1. The SMILES string of the molecule is Nc1c(C(=O)c2ccc(Br)cc2)sc2nc(-c3ccccc3)c(C(=O)c3ccccc3)c(-c3ccccc3Cl)c12. The van der Waals surface area contributed by atoms with Gasteiger partial charge in [-0.2, -0.15) is 0 Å². The molecule has 4 aromatic carbocycles. The van der Waals surface area contributed by atoms with E-state index in [0.717, 1.165) is 10.0 Å². The molecule has 6 aromatic rings. The Hall–Kier alpha value is -4.10. The number of nitrogens with zero attached hydrogens (tertiary/aromatic N) is 1. The summed E-state index contributed by atoms with van der Waals surface area (Å²) in [5.74, 6) is -0.425. The summed E-state index contributed by atoms with van der Waals surface area (Å²) >= 11 is 11.4. The fraction of sp³-hybridized carbons (Fsp3) is 0. The molecule has 0 aliphatic heterocycles. The van der Waals surface area contributed by atoms with Crippen molar-refractivity contribution < 1.29 is 9.59 Å². The van der Waals surface area contributed by atoms with Crippen molar-refractivity contribution in [2.24, 2.45) is 0 Å². The lowest BCUT2D eigenvalue weighted by molar-refractivity contribution is 0.103. The van der Waals surface area contributed by atoms with Crippen molar-refractivity contribution >= 4 is 66.3 Å². The van der Waals surface area contributed by atoms with Crippen molar-refractivity contribution in [2.75, 3.05) is 5.73 Å². The Labute approximate surface area is 248 Å². The standard InChI is InChI=1S/C33H20BrClN2O2S/c34-22-17-15-21(16-18-22)31(39)32-28(36)26-25(23-13-7-8-14-24(23)35)27(30(38)20-11-5-2-6-12-20)29(37-33(26)40-32)19-9-3-1-4-10-19/h1-18H,36H2.